The van der Waals surface area contributed by atoms with E-state index < -0.39 is 16.1 Å². The molecule has 0 aromatic rings. The summed E-state index contributed by atoms with van der Waals surface area (Å²) in [4.78, 5) is 0. The average Bonchev–Trinajstić information content (AvgIpc) is 2.12. The molecule has 0 aliphatic rings. The molecule has 0 spiro atoms. The molecule has 0 nitrogen and oxygen atoms in total. The summed E-state index contributed by atoms with van der Waals surface area (Å²) in [6.07, 6.45) is 4.30. The van der Waals surface area contributed by atoms with Gasteiger partial charge < -0.3 is 0 Å². The molecule has 0 amide bonds. The highest BCUT2D eigenvalue weighted by Crippen LogP contribution is 2.17. The average molecular weight is 293 g/mol. The van der Waals surface area contributed by atoms with Gasteiger partial charge in [0.25, 0.3) is 0 Å². The Morgan fingerprint density at radius 1 is 0.706 bits per heavy atom. The van der Waals surface area contributed by atoms with E-state index in [1.807, 2.05) is 0 Å². The van der Waals surface area contributed by atoms with Crippen LogP contribution in [0.15, 0.2) is 0 Å². The van der Waals surface area contributed by atoms with E-state index >= 15 is 0 Å². The first-order chi connectivity index (χ1) is 8.49. The molecule has 0 aliphatic heterocycles. The summed E-state index contributed by atoms with van der Waals surface area (Å²) < 4.78 is 16.1. The standard InChI is InChI=1S/C14H34SSi2/c1-16(2,3)13-9-7-11-15-12-8-10-14-17(4,5)6/h7-14H2,1-6H3/i11D,12D. The van der Waals surface area contributed by atoms with Gasteiger partial charge in [0.05, 0.1) is 0 Å². The van der Waals surface area contributed by atoms with Gasteiger partial charge in [-0.3, -0.25) is 0 Å². The Bertz CT molecular complexity index is 213. The van der Waals surface area contributed by atoms with E-state index in [4.69, 9.17) is 2.74 Å². The highest BCUT2D eigenvalue weighted by Gasteiger charge is 2.12. The van der Waals surface area contributed by atoms with E-state index in [-0.39, 0.29) is 11.5 Å². The second-order valence-corrected chi connectivity index (χ2v) is 19.6. The van der Waals surface area contributed by atoms with Gasteiger partial charge in [-0.1, -0.05) is 64.2 Å². The molecule has 0 aromatic heterocycles. The van der Waals surface area contributed by atoms with Crippen LogP contribution in [0.1, 0.15) is 28.4 Å². The minimum Gasteiger partial charge on any atom is -0.162 e. The van der Waals surface area contributed by atoms with Crippen LogP contribution in [0.25, 0.3) is 0 Å². The zero-order chi connectivity index (χ0) is 15.1. The van der Waals surface area contributed by atoms with E-state index in [0.717, 1.165) is 12.8 Å². The van der Waals surface area contributed by atoms with Crippen molar-refractivity contribution in [1.29, 1.82) is 0 Å². The highest BCUT2D eigenvalue weighted by molar-refractivity contribution is 7.99. The molecular weight excluding hydrogens is 256 g/mol. The molecule has 0 aromatic carbocycles. The first-order valence-electron chi connectivity index (χ1n) is 8.15. The lowest BCUT2D eigenvalue weighted by molar-refractivity contribution is 0.862. The van der Waals surface area contributed by atoms with Crippen molar-refractivity contribution in [1.82, 2.24) is 0 Å². The van der Waals surface area contributed by atoms with Crippen molar-refractivity contribution in [2.24, 2.45) is 0 Å². The maximum Gasteiger partial charge on any atom is 0.0442 e. The van der Waals surface area contributed by atoms with Crippen molar-refractivity contribution in [3.63, 3.8) is 0 Å². The SMILES string of the molecule is [2H]C(CCC[Si](C)(C)C)SC([2H])CCC[Si](C)(C)C. The second-order valence-electron chi connectivity index (χ2n) is 7.38. The topological polar surface area (TPSA) is 0 Å². The van der Waals surface area contributed by atoms with Crippen LogP contribution in [-0.4, -0.2) is 27.6 Å². The van der Waals surface area contributed by atoms with Crippen molar-refractivity contribution in [2.75, 3.05) is 11.5 Å². The monoisotopic (exact) mass is 292 g/mol. The Kier molecular flexibility index (Phi) is 7.36. The Morgan fingerprint density at radius 2 is 1.06 bits per heavy atom. The summed E-state index contributed by atoms with van der Waals surface area (Å²) in [6, 6.07) is 2.64. The molecule has 0 saturated heterocycles. The molecular formula is C14H34SSi2. The molecule has 0 saturated carbocycles. The van der Waals surface area contributed by atoms with Crippen molar-refractivity contribution >= 4 is 27.9 Å². The lowest BCUT2D eigenvalue weighted by Gasteiger charge is -2.15. The fourth-order valence-corrected chi connectivity index (χ4v) is 4.91. The van der Waals surface area contributed by atoms with Crippen molar-refractivity contribution in [3.8, 4) is 0 Å². The molecule has 0 fully saturated rings. The van der Waals surface area contributed by atoms with E-state index in [1.165, 1.54) is 24.9 Å². The van der Waals surface area contributed by atoms with Crippen molar-refractivity contribution in [3.05, 3.63) is 0 Å². The largest absolute Gasteiger partial charge is 0.162 e. The molecule has 0 N–H and O–H groups in total. The van der Waals surface area contributed by atoms with Crippen LogP contribution in [0, 0.1) is 0 Å². The van der Waals surface area contributed by atoms with E-state index in [9.17, 15) is 0 Å². The fourth-order valence-electron chi connectivity index (χ4n) is 1.64. The Morgan fingerprint density at radius 3 is 1.35 bits per heavy atom. The first kappa shape index (κ1) is 14.2. The smallest absolute Gasteiger partial charge is 0.0442 e. The Hall–Kier alpha value is 0.784. The summed E-state index contributed by atoms with van der Waals surface area (Å²) in [5, 5.41) is 0. The third-order valence-corrected chi connectivity index (χ3v) is 7.25. The molecule has 3 heteroatoms. The summed E-state index contributed by atoms with van der Waals surface area (Å²) in [7, 11) is -1.88. The number of rotatable bonds is 10. The maximum absolute atomic E-state index is 8.04. The Balaban J connectivity index is 3.66. The van der Waals surface area contributed by atoms with Crippen LogP contribution in [0.5, 0.6) is 0 Å². The van der Waals surface area contributed by atoms with Crippen LogP contribution < -0.4 is 0 Å². The molecule has 0 rings (SSSR count). The summed E-state index contributed by atoms with van der Waals surface area (Å²) in [5.41, 5.74) is -0.156. The molecule has 2 unspecified atom stereocenters. The van der Waals surface area contributed by atoms with Crippen LogP contribution >= 0.6 is 11.8 Å². The van der Waals surface area contributed by atoms with E-state index in [1.54, 1.807) is 11.8 Å². The molecule has 0 radical (unpaired) electrons. The van der Waals surface area contributed by atoms with Crippen LogP contribution in [0.3, 0.4) is 0 Å². The van der Waals surface area contributed by atoms with Gasteiger partial charge in [-0.2, -0.15) is 11.8 Å². The van der Waals surface area contributed by atoms with Gasteiger partial charge in [0.2, 0.25) is 0 Å². The van der Waals surface area contributed by atoms with Crippen molar-refractivity contribution < 1.29 is 2.74 Å². The summed E-state index contributed by atoms with van der Waals surface area (Å²) in [5.74, 6) is 0. The molecule has 0 heterocycles. The van der Waals surface area contributed by atoms with Crippen LogP contribution in [-0.2, 0) is 0 Å². The van der Waals surface area contributed by atoms with Gasteiger partial charge in [0.1, 0.15) is 0 Å². The van der Waals surface area contributed by atoms with E-state index in [0.29, 0.717) is 0 Å². The third-order valence-electron chi connectivity index (χ3n) is 2.69. The third kappa shape index (κ3) is 16.8. The second kappa shape index (κ2) is 8.81. The quantitative estimate of drug-likeness (QED) is 0.448. The highest BCUT2D eigenvalue weighted by atomic mass is 32.2. The van der Waals surface area contributed by atoms with Crippen LogP contribution in [0.2, 0.25) is 51.4 Å². The molecule has 17 heavy (non-hydrogen) atoms. The fraction of sp³-hybridized carbons (Fsp3) is 1.00. The normalized spacial score (nSPS) is 18.5. The molecule has 2 atom stereocenters. The van der Waals surface area contributed by atoms with Gasteiger partial charge in [0, 0.05) is 18.9 Å². The Labute approximate surface area is 119 Å². The molecule has 0 bridgehead atoms. The minimum atomic E-state index is -0.941. The summed E-state index contributed by atoms with van der Waals surface area (Å²) >= 11 is 1.56. The van der Waals surface area contributed by atoms with Crippen molar-refractivity contribution in [2.45, 2.75) is 77.1 Å². The number of thioether (sulfide) groups is 1. The molecule has 0 aliphatic carbocycles. The van der Waals surface area contributed by atoms with Gasteiger partial charge in [0.15, 0.2) is 0 Å². The number of hydrogen-bond donors (Lipinski definition) is 0. The van der Waals surface area contributed by atoms with E-state index in [2.05, 4.69) is 39.3 Å². The summed E-state index contributed by atoms with van der Waals surface area (Å²) in [6.45, 7) is 14.3. The van der Waals surface area contributed by atoms with Gasteiger partial charge in [-0.15, -0.1) is 0 Å². The minimum absolute atomic E-state index is 0.0780. The van der Waals surface area contributed by atoms with Gasteiger partial charge in [-0.25, -0.2) is 0 Å². The maximum atomic E-state index is 8.04. The zero-order valence-electron chi connectivity index (χ0n) is 14.8. The zero-order valence-corrected chi connectivity index (χ0v) is 15.6. The molecule has 104 valence electrons. The predicted molar refractivity (Wildman–Crippen MR) is 92.1 cm³/mol. The number of hydrogen-bond acceptors (Lipinski definition) is 1. The first-order valence-corrected chi connectivity index (χ1v) is 15.4. The predicted octanol–water partition coefficient (Wildman–Crippen LogP) is 5.96. The van der Waals surface area contributed by atoms with Gasteiger partial charge >= 0.3 is 0 Å². The lowest BCUT2D eigenvalue weighted by Crippen LogP contribution is -2.18. The lowest BCUT2D eigenvalue weighted by atomic mass is 10.4. The van der Waals surface area contributed by atoms with Gasteiger partial charge in [-0.05, 0) is 24.3 Å². The van der Waals surface area contributed by atoms with Crippen LogP contribution in [0.4, 0.5) is 0 Å².